The number of unbranched alkanes of at least 4 members (excludes halogenated alkanes) is 1. The fraction of sp³-hybridized carbons (Fsp3) is 0.462. The zero-order chi connectivity index (χ0) is 22.4. The van der Waals surface area contributed by atoms with E-state index in [9.17, 15) is 14.7 Å². The van der Waals surface area contributed by atoms with Crippen LogP contribution >= 0.6 is 33.9 Å². The lowest BCUT2D eigenvalue weighted by Gasteiger charge is -2.14. The molecule has 0 aliphatic heterocycles. The number of carbonyl (C=O) groups excluding carboxylic acids is 2. The van der Waals surface area contributed by atoms with Gasteiger partial charge in [-0.05, 0) is 58.9 Å². The molecule has 3 nitrogen and oxygen atoms in total. The van der Waals surface area contributed by atoms with Crippen molar-refractivity contribution in [2.75, 3.05) is 0 Å². The van der Waals surface area contributed by atoms with E-state index >= 15 is 0 Å². The van der Waals surface area contributed by atoms with Gasteiger partial charge >= 0.3 is 0 Å². The smallest absolute Gasteiger partial charge is 0.192 e. The van der Waals surface area contributed by atoms with Crippen molar-refractivity contribution in [2.45, 2.75) is 58.5 Å². The van der Waals surface area contributed by atoms with E-state index < -0.39 is 6.10 Å². The van der Waals surface area contributed by atoms with Gasteiger partial charge in [-0.2, -0.15) is 0 Å². The molecule has 5 heteroatoms. The topological polar surface area (TPSA) is 54.4 Å². The first-order chi connectivity index (χ1) is 14.8. The summed E-state index contributed by atoms with van der Waals surface area (Å²) in [5.74, 6) is 6.52. The van der Waals surface area contributed by atoms with E-state index in [0.29, 0.717) is 25.7 Å². The summed E-state index contributed by atoms with van der Waals surface area (Å²) >= 11 is 3.52. The van der Waals surface area contributed by atoms with Crippen molar-refractivity contribution in [3.8, 4) is 11.8 Å². The molecule has 2 aromatic rings. The molecule has 1 aliphatic carbocycles. The molecule has 164 valence electrons. The highest BCUT2D eigenvalue weighted by atomic mass is 127. The molecule has 0 bridgehead atoms. The number of hydrogen-bond donors (Lipinski definition) is 1. The quantitative estimate of drug-likeness (QED) is 0.142. The van der Waals surface area contributed by atoms with Crippen molar-refractivity contribution in [2.24, 2.45) is 17.3 Å². The normalized spacial score (nSPS) is 21.4. The summed E-state index contributed by atoms with van der Waals surface area (Å²) in [6.45, 7) is 4.01. The molecule has 0 spiro atoms. The second kappa shape index (κ2) is 10.9. The summed E-state index contributed by atoms with van der Waals surface area (Å²) < 4.78 is 1.39. The van der Waals surface area contributed by atoms with Gasteiger partial charge in [-0.3, -0.25) is 9.59 Å². The van der Waals surface area contributed by atoms with Crippen LogP contribution in [-0.2, 0) is 16.0 Å². The lowest BCUT2D eigenvalue weighted by Crippen LogP contribution is -2.22. The Morgan fingerprint density at radius 1 is 1.35 bits per heavy atom. The molecule has 1 N–H and O–H groups in total. The lowest BCUT2D eigenvalue weighted by molar-refractivity contribution is -0.127. The van der Waals surface area contributed by atoms with Gasteiger partial charge in [-0.15, -0.1) is 23.2 Å². The van der Waals surface area contributed by atoms with Crippen LogP contribution < -0.4 is 0 Å². The van der Waals surface area contributed by atoms with Gasteiger partial charge in [0.25, 0.3) is 0 Å². The Kier molecular flexibility index (Phi) is 8.49. The van der Waals surface area contributed by atoms with Crippen LogP contribution in [0.25, 0.3) is 10.1 Å². The number of rotatable bonds is 8. The zero-order valence-electron chi connectivity index (χ0n) is 18.1. The summed E-state index contributed by atoms with van der Waals surface area (Å²) in [5.41, 5.74) is -0.356. The predicted octanol–water partition coefficient (Wildman–Crippen LogP) is 6.12. The van der Waals surface area contributed by atoms with Crippen LogP contribution in [0.5, 0.6) is 0 Å². The molecule has 1 heterocycles. The Labute approximate surface area is 202 Å². The Morgan fingerprint density at radius 3 is 2.87 bits per heavy atom. The standard InChI is InChI=1S/C26H29IO3S/c1-26(2)17-19(22(25(26)30)10-5-3-4-6-12-24(27)29)13-14-20(28)16-21-15-18-9-7-8-11-23(18)31-21/h7-9,11,13-15,19-20,22,28H,4,6,10,12,16-17H2,1-2H3/b14-13+/t19?,20?,22-/m1/s1. The number of carbonyl (C=O) groups is 2. The van der Waals surface area contributed by atoms with Gasteiger partial charge in [-0.25, -0.2) is 0 Å². The molecule has 31 heavy (non-hydrogen) atoms. The minimum absolute atomic E-state index is 0.102. The van der Waals surface area contributed by atoms with E-state index in [0.717, 1.165) is 17.7 Å². The SMILES string of the molecule is CC1(C)CC(/C=C/C(O)Cc2cc3ccccc3s2)[C@@H](CC#CCCCC(=O)I)C1=O. The van der Waals surface area contributed by atoms with Gasteiger partial charge in [0, 0.05) is 46.6 Å². The molecule has 3 atom stereocenters. The average molecular weight is 548 g/mol. The third kappa shape index (κ3) is 6.74. The molecule has 1 fully saturated rings. The first-order valence-electron chi connectivity index (χ1n) is 10.8. The minimum atomic E-state index is -0.565. The lowest BCUT2D eigenvalue weighted by atomic mass is 9.88. The van der Waals surface area contributed by atoms with Crippen LogP contribution in [0.2, 0.25) is 0 Å². The highest BCUT2D eigenvalue weighted by Gasteiger charge is 2.45. The van der Waals surface area contributed by atoms with E-state index in [1.165, 1.54) is 10.1 Å². The largest absolute Gasteiger partial charge is 0.389 e. The number of allylic oxidation sites excluding steroid dienone is 1. The van der Waals surface area contributed by atoms with Crippen LogP contribution in [0.1, 0.15) is 50.8 Å². The molecular weight excluding hydrogens is 519 g/mol. The second-order valence-electron chi connectivity index (χ2n) is 8.90. The number of fused-ring (bicyclic) bond motifs is 1. The van der Waals surface area contributed by atoms with Crippen LogP contribution in [0.4, 0.5) is 0 Å². The fourth-order valence-electron chi connectivity index (χ4n) is 4.24. The number of benzene rings is 1. The molecule has 0 saturated heterocycles. The van der Waals surface area contributed by atoms with Crippen LogP contribution in [0.3, 0.4) is 0 Å². The van der Waals surface area contributed by atoms with Crippen LogP contribution in [0, 0.1) is 29.1 Å². The Balaban J connectivity index is 1.60. The van der Waals surface area contributed by atoms with E-state index in [2.05, 4.69) is 30.0 Å². The Hall–Kier alpha value is -1.49. The number of Topliss-reactive ketones (excluding diaryl/α,β-unsaturated/α-hetero) is 1. The highest BCUT2D eigenvalue weighted by molar-refractivity contribution is 14.1. The van der Waals surface area contributed by atoms with Crippen molar-refractivity contribution in [1.82, 2.24) is 0 Å². The van der Waals surface area contributed by atoms with Crippen molar-refractivity contribution in [3.63, 3.8) is 0 Å². The molecule has 0 amide bonds. The summed E-state index contributed by atoms with van der Waals surface area (Å²) in [4.78, 5) is 25.0. The van der Waals surface area contributed by atoms with Crippen molar-refractivity contribution < 1.29 is 14.7 Å². The second-order valence-corrected chi connectivity index (χ2v) is 11.3. The van der Waals surface area contributed by atoms with Crippen molar-refractivity contribution in [3.05, 3.63) is 47.4 Å². The van der Waals surface area contributed by atoms with Crippen LogP contribution in [0.15, 0.2) is 42.5 Å². The maximum atomic E-state index is 12.9. The van der Waals surface area contributed by atoms with E-state index in [1.54, 1.807) is 11.3 Å². The van der Waals surface area contributed by atoms with Gasteiger partial charge in [0.05, 0.1) is 6.10 Å². The summed E-state index contributed by atoms with van der Waals surface area (Å²) in [6.07, 6.45) is 7.24. The van der Waals surface area contributed by atoms with Crippen molar-refractivity contribution in [1.29, 1.82) is 0 Å². The molecule has 1 aromatic heterocycles. The zero-order valence-corrected chi connectivity index (χ0v) is 21.0. The molecule has 1 aliphatic rings. The molecule has 3 rings (SSSR count). The number of thiophene rings is 1. The number of halogens is 1. The number of aliphatic hydroxyl groups excluding tert-OH is 1. The third-order valence-electron chi connectivity index (χ3n) is 5.86. The molecule has 1 aromatic carbocycles. The molecule has 0 radical (unpaired) electrons. The molecular formula is C26H29IO3S. The van der Waals surface area contributed by atoms with Gasteiger partial charge in [-0.1, -0.05) is 44.2 Å². The van der Waals surface area contributed by atoms with Crippen LogP contribution in [-0.4, -0.2) is 20.8 Å². The monoisotopic (exact) mass is 548 g/mol. The number of hydrogen-bond acceptors (Lipinski definition) is 4. The number of aliphatic hydroxyl groups is 1. The van der Waals surface area contributed by atoms with E-state index in [1.807, 2.05) is 60.7 Å². The third-order valence-corrected chi connectivity index (χ3v) is 7.53. The summed E-state index contributed by atoms with van der Waals surface area (Å²) in [6, 6.07) is 10.4. The molecule has 2 unspecified atom stereocenters. The number of ketones is 1. The van der Waals surface area contributed by atoms with E-state index in [4.69, 9.17) is 0 Å². The van der Waals surface area contributed by atoms with Gasteiger partial charge in [0.2, 0.25) is 0 Å². The minimum Gasteiger partial charge on any atom is -0.389 e. The van der Waals surface area contributed by atoms with Gasteiger partial charge in [0.15, 0.2) is 3.79 Å². The average Bonchev–Trinajstić information content (AvgIpc) is 3.21. The Morgan fingerprint density at radius 2 is 2.13 bits per heavy atom. The first-order valence-corrected chi connectivity index (χ1v) is 12.7. The first kappa shape index (κ1) is 24.2. The van der Waals surface area contributed by atoms with Gasteiger partial charge in [0.1, 0.15) is 5.78 Å². The summed E-state index contributed by atoms with van der Waals surface area (Å²) in [5, 5.41) is 11.8. The summed E-state index contributed by atoms with van der Waals surface area (Å²) in [7, 11) is 0. The maximum absolute atomic E-state index is 12.9. The molecule has 1 saturated carbocycles. The predicted molar refractivity (Wildman–Crippen MR) is 136 cm³/mol. The fourth-order valence-corrected chi connectivity index (χ4v) is 5.74. The van der Waals surface area contributed by atoms with E-state index in [-0.39, 0.29) is 26.8 Å². The highest BCUT2D eigenvalue weighted by Crippen LogP contribution is 2.44. The van der Waals surface area contributed by atoms with Gasteiger partial charge < -0.3 is 5.11 Å². The maximum Gasteiger partial charge on any atom is 0.192 e. The Bertz CT molecular complexity index is 991. The van der Waals surface area contributed by atoms with Crippen molar-refractivity contribution >= 4 is 53.6 Å².